The normalized spacial score (nSPS) is 17.2. The smallest absolute Gasteiger partial charge is 0.231 e. The maximum atomic E-state index is 13.9. The Morgan fingerprint density at radius 1 is 1.44 bits per heavy atom. The first kappa shape index (κ1) is 17.5. The molecule has 1 atom stereocenters. The molecule has 1 aliphatic rings. The van der Waals surface area contributed by atoms with Crippen LogP contribution in [0, 0.1) is 24.5 Å². The molecule has 1 aliphatic heterocycles. The maximum Gasteiger partial charge on any atom is 0.231 e. The third-order valence-corrected chi connectivity index (χ3v) is 5.08. The zero-order valence-electron chi connectivity index (χ0n) is 13.8. The highest BCUT2D eigenvalue weighted by Gasteiger charge is 2.36. The van der Waals surface area contributed by atoms with Gasteiger partial charge in [0.1, 0.15) is 11.6 Å². The summed E-state index contributed by atoms with van der Waals surface area (Å²) in [6.45, 7) is 3.97. The van der Waals surface area contributed by atoms with Crippen molar-refractivity contribution in [1.29, 1.82) is 0 Å². The number of carbonyl (C=O) groups excluding carboxylic acids is 2. The number of anilines is 2. The van der Waals surface area contributed by atoms with Gasteiger partial charge < -0.3 is 10.2 Å². The Hall–Kier alpha value is -2.35. The van der Waals surface area contributed by atoms with E-state index in [1.807, 2.05) is 13.8 Å². The molecule has 1 fully saturated rings. The van der Waals surface area contributed by atoms with Crippen LogP contribution in [0.3, 0.4) is 0 Å². The van der Waals surface area contributed by atoms with Crippen molar-refractivity contribution in [3.63, 3.8) is 0 Å². The first-order valence-corrected chi connectivity index (χ1v) is 8.73. The SMILES string of the molecule is CCc1nc(NC(=O)C2CC(=O)N(c3ccc(F)cc3F)C2)sc1C. The van der Waals surface area contributed by atoms with Crippen LogP contribution in [0.15, 0.2) is 18.2 Å². The summed E-state index contributed by atoms with van der Waals surface area (Å²) in [4.78, 5) is 31.1. The number of nitrogens with zero attached hydrogens (tertiary/aromatic N) is 2. The summed E-state index contributed by atoms with van der Waals surface area (Å²) in [6.07, 6.45) is 0.755. The molecule has 25 heavy (non-hydrogen) atoms. The van der Waals surface area contributed by atoms with Crippen LogP contribution in [-0.2, 0) is 16.0 Å². The van der Waals surface area contributed by atoms with E-state index in [1.54, 1.807) is 0 Å². The van der Waals surface area contributed by atoms with Crippen LogP contribution in [0.25, 0.3) is 0 Å². The van der Waals surface area contributed by atoms with E-state index in [2.05, 4.69) is 10.3 Å². The summed E-state index contributed by atoms with van der Waals surface area (Å²) >= 11 is 1.38. The van der Waals surface area contributed by atoms with Gasteiger partial charge in [0, 0.05) is 23.9 Å². The Balaban J connectivity index is 1.72. The van der Waals surface area contributed by atoms with Crippen LogP contribution >= 0.6 is 11.3 Å². The number of thiazole rings is 1. The lowest BCUT2D eigenvalue weighted by Gasteiger charge is -2.17. The summed E-state index contributed by atoms with van der Waals surface area (Å²) in [5, 5.41) is 3.23. The number of nitrogens with one attached hydrogen (secondary N) is 1. The molecule has 0 saturated carbocycles. The highest BCUT2D eigenvalue weighted by atomic mass is 32.1. The van der Waals surface area contributed by atoms with Gasteiger partial charge in [0.25, 0.3) is 0 Å². The van der Waals surface area contributed by atoms with E-state index in [1.165, 1.54) is 22.3 Å². The molecule has 3 rings (SSSR count). The van der Waals surface area contributed by atoms with Gasteiger partial charge in [-0.05, 0) is 25.5 Å². The fraction of sp³-hybridized carbons (Fsp3) is 0.353. The Kier molecular flexibility index (Phi) is 4.80. The fourth-order valence-corrected chi connectivity index (χ4v) is 3.74. The van der Waals surface area contributed by atoms with E-state index in [0.717, 1.165) is 29.1 Å². The number of hydrogen-bond acceptors (Lipinski definition) is 4. The van der Waals surface area contributed by atoms with Gasteiger partial charge in [-0.3, -0.25) is 9.59 Å². The molecule has 0 bridgehead atoms. The summed E-state index contributed by atoms with van der Waals surface area (Å²) < 4.78 is 26.9. The molecule has 0 aliphatic carbocycles. The van der Waals surface area contributed by atoms with Crippen LogP contribution in [0.1, 0.15) is 23.9 Å². The summed E-state index contributed by atoms with van der Waals surface area (Å²) in [5.41, 5.74) is 0.915. The average molecular weight is 365 g/mol. The second-order valence-electron chi connectivity index (χ2n) is 5.87. The molecule has 2 aromatic rings. The van der Waals surface area contributed by atoms with Crippen molar-refractivity contribution >= 4 is 34.0 Å². The van der Waals surface area contributed by atoms with Crippen LogP contribution < -0.4 is 10.2 Å². The predicted molar refractivity (Wildman–Crippen MR) is 91.7 cm³/mol. The Labute approximate surface area is 147 Å². The lowest BCUT2D eigenvalue weighted by Crippen LogP contribution is -2.28. The third-order valence-electron chi connectivity index (χ3n) is 4.15. The van der Waals surface area contributed by atoms with Crippen molar-refractivity contribution in [1.82, 2.24) is 4.98 Å². The highest BCUT2D eigenvalue weighted by molar-refractivity contribution is 7.15. The first-order valence-electron chi connectivity index (χ1n) is 7.91. The monoisotopic (exact) mass is 365 g/mol. The van der Waals surface area contributed by atoms with Crippen molar-refractivity contribution in [2.75, 3.05) is 16.8 Å². The van der Waals surface area contributed by atoms with Crippen molar-refractivity contribution in [3.8, 4) is 0 Å². The third kappa shape index (κ3) is 3.53. The largest absolute Gasteiger partial charge is 0.309 e. The Morgan fingerprint density at radius 2 is 2.20 bits per heavy atom. The Morgan fingerprint density at radius 3 is 2.84 bits per heavy atom. The molecule has 1 N–H and O–H groups in total. The Bertz CT molecular complexity index is 837. The molecular weight excluding hydrogens is 348 g/mol. The van der Waals surface area contributed by atoms with Gasteiger partial charge in [-0.25, -0.2) is 13.8 Å². The van der Waals surface area contributed by atoms with Crippen LogP contribution in [0.2, 0.25) is 0 Å². The second kappa shape index (κ2) is 6.87. The molecule has 1 aromatic carbocycles. The highest BCUT2D eigenvalue weighted by Crippen LogP contribution is 2.29. The van der Waals surface area contributed by atoms with E-state index in [4.69, 9.17) is 0 Å². The van der Waals surface area contributed by atoms with E-state index >= 15 is 0 Å². The molecule has 2 heterocycles. The molecule has 132 valence electrons. The van der Waals surface area contributed by atoms with E-state index in [-0.39, 0.29) is 30.5 Å². The standard InChI is InChI=1S/C17H17F2N3O2S/c1-3-13-9(2)25-17(20-13)21-16(24)10-6-15(23)22(8-10)14-5-4-11(18)7-12(14)19/h4-5,7,10H,3,6,8H2,1-2H3,(H,20,21,24). The summed E-state index contributed by atoms with van der Waals surface area (Å²) in [6, 6.07) is 3.02. The maximum absolute atomic E-state index is 13.9. The minimum Gasteiger partial charge on any atom is -0.309 e. The van der Waals surface area contributed by atoms with Crippen LogP contribution in [-0.4, -0.2) is 23.3 Å². The average Bonchev–Trinajstić information content (AvgIpc) is 3.10. The lowest BCUT2D eigenvalue weighted by atomic mass is 10.1. The topological polar surface area (TPSA) is 62.3 Å². The number of aryl methyl sites for hydroxylation is 2. The zero-order chi connectivity index (χ0) is 18.1. The van der Waals surface area contributed by atoms with Crippen molar-refractivity contribution in [3.05, 3.63) is 40.4 Å². The van der Waals surface area contributed by atoms with Crippen LogP contribution in [0.5, 0.6) is 0 Å². The number of hydrogen-bond donors (Lipinski definition) is 1. The molecule has 0 radical (unpaired) electrons. The minimum absolute atomic E-state index is 0.0138. The fourth-order valence-electron chi connectivity index (χ4n) is 2.83. The molecule has 5 nitrogen and oxygen atoms in total. The molecule has 2 amide bonds. The second-order valence-corrected chi connectivity index (χ2v) is 7.07. The number of carbonyl (C=O) groups is 2. The van der Waals surface area contributed by atoms with Crippen molar-refractivity contribution < 1.29 is 18.4 Å². The lowest BCUT2D eigenvalue weighted by molar-refractivity contribution is -0.122. The van der Waals surface area contributed by atoms with Gasteiger partial charge in [0.2, 0.25) is 11.8 Å². The van der Waals surface area contributed by atoms with Crippen molar-refractivity contribution in [2.45, 2.75) is 26.7 Å². The number of amides is 2. The van der Waals surface area contributed by atoms with E-state index in [0.29, 0.717) is 5.13 Å². The summed E-state index contributed by atoms with van der Waals surface area (Å²) in [7, 11) is 0. The summed E-state index contributed by atoms with van der Waals surface area (Å²) in [5.74, 6) is -2.83. The van der Waals surface area contributed by atoms with E-state index < -0.39 is 17.6 Å². The predicted octanol–water partition coefficient (Wildman–Crippen LogP) is 3.28. The molecule has 1 unspecified atom stereocenters. The number of halogens is 2. The van der Waals surface area contributed by atoms with Gasteiger partial charge in [0.15, 0.2) is 5.13 Å². The molecule has 1 saturated heterocycles. The van der Waals surface area contributed by atoms with Gasteiger partial charge in [-0.1, -0.05) is 6.92 Å². The number of aromatic nitrogens is 1. The minimum atomic E-state index is -0.822. The van der Waals surface area contributed by atoms with Gasteiger partial charge in [-0.15, -0.1) is 11.3 Å². The number of benzene rings is 1. The number of rotatable bonds is 4. The first-order chi connectivity index (χ1) is 11.9. The van der Waals surface area contributed by atoms with Gasteiger partial charge in [-0.2, -0.15) is 0 Å². The molecule has 8 heteroatoms. The zero-order valence-corrected chi connectivity index (χ0v) is 14.6. The van der Waals surface area contributed by atoms with Crippen LogP contribution in [0.4, 0.5) is 19.6 Å². The van der Waals surface area contributed by atoms with E-state index in [9.17, 15) is 18.4 Å². The molecular formula is C17H17F2N3O2S. The quantitative estimate of drug-likeness (QED) is 0.904. The van der Waals surface area contributed by atoms with Gasteiger partial charge >= 0.3 is 0 Å². The molecule has 0 spiro atoms. The molecule has 1 aromatic heterocycles. The van der Waals surface area contributed by atoms with Crippen molar-refractivity contribution in [2.24, 2.45) is 5.92 Å². The van der Waals surface area contributed by atoms with Gasteiger partial charge in [0.05, 0.1) is 17.3 Å².